The van der Waals surface area contributed by atoms with Crippen LogP contribution < -0.4 is 5.32 Å². The number of nitrogens with one attached hydrogen (secondary N) is 1. The number of hydrogen-bond acceptors (Lipinski definition) is 5. The van der Waals surface area contributed by atoms with Crippen LogP contribution in [0.5, 0.6) is 0 Å². The Bertz CT molecular complexity index is 991. The molecule has 1 aromatic heterocycles. The Labute approximate surface area is 179 Å². The predicted octanol–water partition coefficient (Wildman–Crippen LogP) is 4.26. The Morgan fingerprint density at radius 2 is 1.90 bits per heavy atom. The van der Waals surface area contributed by atoms with Crippen molar-refractivity contribution in [2.24, 2.45) is 0 Å². The molecule has 1 fully saturated rings. The summed E-state index contributed by atoms with van der Waals surface area (Å²) in [4.78, 5) is 21.9. The SMILES string of the molecule is O=C(CSc1nc2ccccc2nc1Cc1ccc(Cl)cc1)NCC1CCCO1. The van der Waals surface area contributed by atoms with Crippen LogP contribution in [0.3, 0.4) is 0 Å². The van der Waals surface area contributed by atoms with Crippen molar-refractivity contribution in [3.63, 3.8) is 0 Å². The van der Waals surface area contributed by atoms with Gasteiger partial charge in [0.15, 0.2) is 0 Å². The van der Waals surface area contributed by atoms with Crippen molar-refractivity contribution in [1.82, 2.24) is 15.3 Å². The maximum Gasteiger partial charge on any atom is 0.230 e. The van der Waals surface area contributed by atoms with Gasteiger partial charge in [-0.25, -0.2) is 9.97 Å². The Morgan fingerprint density at radius 1 is 1.14 bits per heavy atom. The van der Waals surface area contributed by atoms with Gasteiger partial charge in [0.2, 0.25) is 5.91 Å². The number of para-hydroxylation sites is 2. The summed E-state index contributed by atoms with van der Waals surface area (Å²) in [5.74, 6) is 0.283. The number of fused-ring (bicyclic) bond motifs is 1. The number of carbonyl (C=O) groups excluding carboxylic acids is 1. The van der Waals surface area contributed by atoms with Gasteiger partial charge in [0.25, 0.3) is 0 Å². The molecule has 2 heterocycles. The van der Waals surface area contributed by atoms with Crippen LogP contribution in [-0.2, 0) is 16.0 Å². The summed E-state index contributed by atoms with van der Waals surface area (Å²) in [7, 11) is 0. The average Bonchev–Trinajstić information content (AvgIpc) is 3.26. The van der Waals surface area contributed by atoms with E-state index in [1.54, 1.807) is 0 Å². The van der Waals surface area contributed by atoms with Crippen LogP contribution >= 0.6 is 23.4 Å². The molecular weight excluding hydrogens is 406 g/mol. The Balaban J connectivity index is 1.48. The summed E-state index contributed by atoms with van der Waals surface area (Å²) < 4.78 is 5.55. The van der Waals surface area contributed by atoms with Gasteiger partial charge < -0.3 is 10.1 Å². The lowest BCUT2D eigenvalue weighted by Gasteiger charge is -2.12. The lowest BCUT2D eigenvalue weighted by Crippen LogP contribution is -2.32. The van der Waals surface area contributed by atoms with E-state index in [-0.39, 0.29) is 12.0 Å². The van der Waals surface area contributed by atoms with Gasteiger partial charge in [-0.15, -0.1) is 0 Å². The fourth-order valence-corrected chi connectivity index (χ4v) is 4.21. The molecule has 150 valence electrons. The highest BCUT2D eigenvalue weighted by Gasteiger charge is 2.17. The topological polar surface area (TPSA) is 64.1 Å². The molecule has 29 heavy (non-hydrogen) atoms. The molecule has 1 atom stereocenters. The zero-order valence-corrected chi connectivity index (χ0v) is 17.5. The number of nitrogens with zero attached hydrogens (tertiary/aromatic N) is 2. The van der Waals surface area contributed by atoms with E-state index in [4.69, 9.17) is 26.3 Å². The van der Waals surface area contributed by atoms with Gasteiger partial charge in [0, 0.05) is 24.6 Å². The van der Waals surface area contributed by atoms with Gasteiger partial charge in [0.05, 0.1) is 28.6 Å². The number of carbonyl (C=O) groups is 1. The number of halogens is 1. The van der Waals surface area contributed by atoms with Gasteiger partial charge in [-0.05, 0) is 42.7 Å². The minimum absolute atomic E-state index is 0.0158. The molecule has 1 aliphatic heterocycles. The molecular formula is C22H22ClN3O2S. The largest absolute Gasteiger partial charge is 0.376 e. The number of amides is 1. The van der Waals surface area contributed by atoms with Crippen molar-refractivity contribution in [2.45, 2.75) is 30.4 Å². The zero-order chi connectivity index (χ0) is 20.1. The molecule has 7 heteroatoms. The van der Waals surface area contributed by atoms with E-state index in [2.05, 4.69) is 5.32 Å². The summed E-state index contributed by atoms with van der Waals surface area (Å²) in [5.41, 5.74) is 3.64. The van der Waals surface area contributed by atoms with Crippen LogP contribution in [0.15, 0.2) is 53.6 Å². The van der Waals surface area contributed by atoms with Crippen LogP contribution in [0.25, 0.3) is 11.0 Å². The fraction of sp³-hybridized carbons (Fsp3) is 0.318. The third-order valence-electron chi connectivity index (χ3n) is 4.78. The molecule has 0 radical (unpaired) electrons. The molecule has 3 aromatic rings. The van der Waals surface area contributed by atoms with Crippen molar-refractivity contribution in [2.75, 3.05) is 18.9 Å². The molecule has 5 nitrogen and oxygen atoms in total. The molecule has 1 unspecified atom stereocenters. The summed E-state index contributed by atoms with van der Waals surface area (Å²) in [6, 6.07) is 15.5. The first-order chi connectivity index (χ1) is 14.2. The van der Waals surface area contributed by atoms with Crippen molar-refractivity contribution in [3.8, 4) is 0 Å². The average molecular weight is 428 g/mol. The summed E-state index contributed by atoms with van der Waals surface area (Å²) in [6.45, 7) is 1.36. The molecule has 1 amide bonds. The Kier molecular flexibility index (Phi) is 6.64. The van der Waals surface area contributed by atoms with Gasteiger partial charge in [-0.2, -0.15) is 0 Å². The number of ether oxygens (including phenoxy) is 1. The van der Waals surface area contributed by atoms with Gasteiger partial charge >= 0.3 is 0 Å². The highest BCUT2D eigenvalue weighted by atomic mass is 35.5. The lowest BCUT2D eigenvalue weighted by molar-refractivity contribution is -0.119. The first-order valence-electron chi connectivity index (χ1n) is 9.68. The third-order valence-corrected chi connectivity index (χ3v) is 6.04. The molecule has 1 saturated heterocycles. The van der Waals surface area contributed by atoms with E-state index in [9.17, 15) is 4.79 Å². The highest BCUT2D eigenvalue weighted by Crippen LogP contribution is 2.25. The van der Waals surface area contributed by atoms with Crippen molar-refractivity contribution in [1.29, 1.82) is 0 Å². The number of thioether (sulfide) groups is 1. The number of benzene rings is 2. The van der Waals surface area contributed by atoms with Crippen LogP contribution in [0.2, 0.25) is 5.02 Å². The summed E-state index contributed by atoms with van der Waals surface area (Å²) in [5, 5.41) is 4.45. The second kappa shape index (κ2) is 9.57. The van der Waals surface area contributed by atoms with E-state index in [0.29, 0.717) is 23.7 Å². The molecule has 2 aromatic carbocycles. The quantitative estimate of drug-likeness (QED) is 0.571. The van der Waals surface area contributed by atoms with Gasteiger partial charge in [-0.3, -0.25) is 4.79 Å². The Hall–Kier alpha value is -2.15. The summed E-state index contributed by atoms with van der Waals surface area (Å²) >= 11 is 7.42. The van der Waals surface area contributed by atoms with Crippen LogP contribution in [-0.4, -0.2) is 40.9 Å². The van der Waals surface area contributed by atoms with E-state index in [0.717, 1.165) is 46.8 Å². The lowest BCUT2D eigenvalue weighted by atomic mass is 10.1. The van der Waals surface area contributed by atoms with E-state index >= 15 is 0 Å². The van der Waals surface area contributed by atoms with Crippen LogP contribution in [0.1, 0.15) is 24.1 Å². The van der Waals surface area contributed by atoms with Gasteiger partial charge in [0.1, 0.15) is 5.03 Å². The minimum Gasteiger partial charge on any atom is -0.376 e. The highest BCUT2D eigenvalue weighted by molar-refractivity contribution is 7.99. The van der Waals surface area contributed by atoms with Crippen molar-refractivity contribution in [3.05, 3.63) is 64.8 Å². The monoisotopic (exact) mass is 427 g/mol. The van der Waals surface area contributed by atoms with E-state index in [1.165, 1.54) is 11.8 Å². The number of hydrogen-bond donors (Lipinski definition) is 1. The molecule has 0 bridgehead atoms. The predicted molar refractivity (Wildman–Crippen MR) is 117 cm³/mol. The summed E-state index contributed by atoms with van der Waals surface area (Å²) in [6.07, 6.45) is 2.85. The van der Waals surface area contributed by atoms with Crippen LogP contribution in [0, 0.1) is 0 Å². The molecule has 0 aliphatic carbocycles. The maximum atomic E-state index is 12.3. The van der Waals surface area contributed by atoms with Crippen molar-refractivity contribution < 1.29 is 9.53 Å². The Morgan fingerprint density at radius 3 is 2.62 bits per heavy atom. The third kappa shape index (κ3) is 5.47. The first kappa shape index (κ1) is 20.1. The number of rotatable bonds is 7. The fourth-order valence-electron chi connectivity index (χ4n) is 3.26. The standard InChI is InChI=1S/C22H22ClN3O2S/c23-16-9-7-15(8-10-16)12-20-22(26-19-6-2-1-5-18(19)25-20)29-14-21(27)24-13-17-4-3-11-28-17/h1-2,5-10,17H,3-4,11-14H2,(H,24,27). The maximum absolute atomic E-state index is 12.3. The van der Waals surface area contributed by atoms with Gasteiger partial charge in [-0.1, -0.05) is 47.6 Å². The molecule has 4 rings (SSSR count). The minimum atomic E-state index is -0.0158. The van der Waals surface area contributed by atoms with E-state index in [1.807, 2.05) is 48.5 Å². The molecule has 1 aliphatic rings. The van der Waals surface area contributed by atoms with Crippen molar-refractivity contribution >= 4 is 40.3 Å². The smallest absolute Gasteiger partial charge is 0.230 e. The number of aromatic nitrogens is 2. The molecule has 0 saturated carbocycles. The zero-order valence-electron chi connectivity index (χ0n) is 15.9. The second-order valence-electron chi connectivity index (χ2n) is 7.00. The first-order valence-corrected chi connectivity index (χ1v) is 11.0. The normalized spacial score (nSPS) is 16.2. The molecule has 0 spiro atoms. The van der Waals surface area contributed by atoms with Crippen LogP contribution in [0.4, 0.5) is 0 Å². The molecule has 1 N–H and O–H groups in total. The van der Waals surface area contributed by atoms with E-state index < -0.39 is 0 Å². The second-order valence-corrected chi connectivity index (χ2v) is 8.40.